The van der Waals surface area contributed by atoms with Crippen LogP contribution in [0.2, 0.25) is 0 Å². The van der Waals surface area contributed by atoms with Crippen molar-refractivity contribution in [1.82, 2.24) is 15.2 Å². The van der Waals surface area contributed by atoms with Crippen molar-refractivity contribution in [3.05, 3.63) is 23.9 Å². The molecule has 1 fully saturated rings. The molecule has 1 aromatic heterocycles. The van der Waals surface area contributed by atoms with Crippen molar-refractivity contribution in [2.75, 3.05) is 44.4 Å². The number of likely N-dealkylation sites (N-methyl/N-ethyl adjacent to an activating group) is 1. The van der Waals surface area contributed by atoms with Gasteiger partial charge in [0.2, 0.25) is 5.91 Å². The first-order valence-electron chi connectivity index (χ1n) is 7.29. The summed E-state index contributed by atoms with van der Waals surface area (Å²) in [7, 11) is 2.14. The van der Waals surface area contributed by atoms with E-state index in [4.69, 9.17) is 0 Å². The number of rotatable bonds is 5. The molecule has 0 saturated carbocycles. The predicted molar refractivity (Wildman–Crippen MR) is 88.8 cm³/mol. The van der Waals surface area contributed by atoms with Crippen LogP contribution in [0.1, 0.15) is 12.5 Å². The average Bonchev–Trinajstić information content (AvgIpc) is 2.53. The van der Waals surface area contributed by atoms with E-state index in [9.17, 15) is 4.79 Å². The van der Waals surface area contributed by atoms with Gasteiger partial charge >= 0.3 is 0 Å². The molecule has 5 nitrogen and oxygen atoms in total. The Balaban J connectivity index is 1.86. The Hall–Kier alpha value is -1.27. The fourth-order valence-corrected chi connectivity index (χ4v) is 2.48. The number of carbonyl (C=O) groups is 1. The Morgan fingerprint density at radius 1 is 1.38 bits per heavy atom. The third-order valence-corrected chi connectivity index (χ3v) is 4.75. The number of hydrogen-bond donors (Lipinski definition) is 1. The molecule has 1 aliphatic heterocycles. The number of thioether (sulfide) groups is 1. The maximum Gasteiger partial charge on any atom is 0.233 e. The molecule has 6 heteroatoms. The molecule has 0 aliphatic carbocycles. The normalized spacial score (nSPS) is 17.6. The summed E-state index contributed by atoms with van der Waals surface area (Å²) in [6, 6.07) is 4.09. The first-order chi connectivity index (χ1) is 10.1. The summed E-state index contributed by atoms with van der Waals surface area (Å²) in [5.41, 5.74) is 1.04. The van der Waals surface area contributed by atoms with E-state index in [1.54, 1.807) is 11.8 Å². The number of aromatic nitrogens is 1. The maximum atomic E-state index is 11.7. The largest absolute Gasteiger partial charge is 0.354 e. The van der Waals surface area contributed by atoms with Crippen LogP contribution in [0.5, 0.6) is 0 Å². The highest BCUT2D eigenvalue weighted by Gasteiger charge is 2.15. The van der Waals surface area contributed by atoms with Gasteiger partial charge in [-0.25, -0.2) is 4.98 Å². The summed E-state index contributed by atoms with van der Waals surface area (Å²) in [6.45, 7) is 6.64. The van der Waals surface area contributed by atoms with Gasteiger partial charge in [0.05, 0.1) is 5.25 Å². The van der Waals surface area contributed by atoms with Gasteiger partial charge in [0, 0.05) is 38.9 Å². The molecule has 2 heterocycles. The maximum absolute atomic E-state index is 11.7. The van der Waals surface area contributed by atoms with Crippen molar-refractivity contribution < 1.29 is 4.79 Å². The third kappa shape index (κ3) is 4.61. The molecule has 0 aromatic carbocycles. The molecule has 1 N–H and O–H groups in total. The van der Waals surface area contributed by atoms with E-state index in [0.29, 0.717) is 6.54 Å². The number of nitrogens with zero attached hydrogens (tertiary/aromatic N) is 3. The van der Waals surface area contributed by atoms with Crippen LogP contribution >= 0.6 is 11.8 Å². The molecule has 1 aliphatic rings. The second-order valence-electron chi connectivity index (χ2n) is 5.41. The quantitative estimate of drug-likeness (QED) is 0.886. The zero-order valence-corrected chi connectivity index (χ0v) is 13.8. The van der Waals surface area contributed by atoms with E-state index >= 15 is 0 Å². The van der Waals surface area contributed by atoms with Gasteiger partial charge in [0.25, 0.3) is 0 Å². The van der Waals surface area contributed by atoms with E-state index in [1.807, 2.05) is 31.5 Å². The lowest BCUT2D eigenvalue weighted by Gasteiger charge is -2.33. The molecule has 116 valence electrons. The summed E-state index contributed by atoms with van der Waals surface area (Å²) in [4.78, 5) is 20.9. The van der Waals surface area contributed by atoms with Crippen LogP contribution in [0.25, 0.3) is 0 Å². The van der Waals surface area contributed by atoms with E-state index < -0.39 is 0 Å². The van der Waals surface area contributed by atoms with Crippen molar-refractivity contribution in [3.63, 3.8) is 0 Å². The molecule has 0 spiro atoms. The van der Waals surface area contributed by atoms with Crippen molar-refractivity contribution in [3.8, 4) is 0 Å². The highest BCUT2D eigenvalue weighted by atomic mass is 32.2. The first kappa shape index (κ1) is 16.1. The molecule has 2 rings (SSSR count). The van der Waals surface area contributed by atoms with Crippen LogP contribution in [0.3, 0.4) is 0 Å². The predicted octanol–water partition coefficient (Wildman–Crippen LogP) is 1.20. The highest BCUT2D eigenvalue weighted by Crippen LogP contribution is 2.13. The fraction of sp³-hybridized carbons (Fsp3) is 0.600. The van der Waals surface area contributed by atoms with Gasteiger partial charge in [0.15, 0.2) is 0 Å². The lowest BCUT2D eigenvalue weighted by atomic mass is 10.2. The van der Waals surface area contributed by atoms with Gasteiger partial charge in [-0.1, -0.05) is 6.07 Å². The van der Waals surface area contributed by atoms with E-state index in [2.05, 4.69) is 27.1 Å². The number of anilines is 1. The van der Waals surface area contributed by atoms with Crippen LogP contribution in [0, 0.1) is 0 Å². The molecule has 21 heavy (non-hydrogen) atoms. The summed E-state index contributed by atoms with van der Waals surface area (Å²) in [6.07, 6.45) is 3.80. The lowest BCUT2D eigenvalue weighted by Crippen LogP contribution is -2.44. The highest BCUT2D eigenvalue weighted by molar-refractivity contribution is 7.99. The van der Waals surface area contributed by atoms with Crippen molar-refractivity contribution in [2.24, 2.45) is 0 Å². The number of piperazine rings is 1. The molecule has 0 radical (unpaired) electrons. The van der Waals surface area contributed by atoms with Crippen LogP contribution < -0.4 is 10.2 Å². The Morgan fingerprint density at radius 2 is 2.10 bits per heavy atom. The van der Waals surface area contributed by atoms with E-state index in [-0.39, 0.29) is 11.2 Å². The van der Waals surface area contributed by atoms with E-state index in [1.165, 1.54) is 0 Å². The third-order valence-electron chi connectivity index (χ3n) is 3.83. The molecular formula is C15H24N4OS. The van der Waals surface area contributed by atoms with Crippen molar-refractivity contribution in [2.45, 2.75) is 18.7 Å². The number of amides is 1. The summed E-state index contributed by atoms with van der Waals surface area (Å²) in [5.74, 6) is 1.10. The Labute approximate surface area is 131 Å². The average molecular weight is 308 g/mol. The molecular weight excluding hydrogens is 284 g/mol. The molecule has 0 bridgehead atoms. The molecule has 1 saturated heterocycles. The zero-order valence-electron chi connectivity index (χ0n) is 13.0. The number of hydrogen-bond acceptors (Lipinski definition) is 5. The SMILES string of the molecule is CSC(C)C(=O)NCc1ccc(N2CCN(C)CC2)nc1. The number of pyridine rings is 1. The second kappa shape index (κ2) is 7.66. The molecule has 1 amide bonds. The van der Waals surface area contributed by atoms with Crippen LogP contribution in [0.15, 0.2) is 18.3 Å². The van der Waals surface area contributed by atoms with Gasteiger partial charge in [-0.15, -0.1) is 0 Å². The van der Waals surface area contributed by atoms with Gasteiger partial charge in [-0.2, -0.15) is 11.8 Å². The standard InChI is InChI=1S/C15H24N4OS/c1-12(21-3)15(20)17-11-13-4-5-14(16-10-13)19-8-6-18(2)7-9-19/h4-5,10,12H,6-9,11H2,1-3H3,(H,17,20). The number of nitrogens with one attached hydrogen (secondary N) is 1. The van der Waals surface area contributed by atoms with Gasteiger partial charge in [0.1, 0.15) is 5.82 Å². The van der Waals surface area contributed by atoms with Crippen molar-refractivity contribution in [1.29, 1.82) is 0 Å². The van der Waals surface area contributed by atoms with Crippen LogP contribution in [-0.2, 0) is 11.3 Å². The molecule has 1 aromatic rings. The monoisotopic (exact) mass is 308 g/mol. The fourth-order valence-electron chi connectivity index (χ4n) is 2.18. The minimum atomic E-state index is -0.0115. The Morgan fingerprint density at radius 3 is 2.67 bits per heavy atom. The lowest BCUT2D eigenvalue weighted by molar-refractivity contribution is -0.120. The zero-order chi connectivity index (χ0) is 15.2. The minimum absolute atomic E-state index is 0.0115. The molecule has 1 atom stereocenters. The minimum Gasteiger partial charge on any atom is -0.354 e. The smallest absolute Gasteiger partial charge is 0.233 e. The molecule has 1 unspecified atom stereocenters. The van der Waals surface area contributed by atoms with Gasteiger partial charge in [-0.3, -0.25) is 4.79 Å². The Kier molecular flexibility index (Phi) is 5.87. The summed E-state index contributed by atoms with van der Waals surface area (Å²) >= 11 is 1.55. The summed E-state index contributed by atoms with van der Waals surface area (Å²) < 4.78 is 0. The van der Waals surface area contributed by atoms with E-state index in [0.717, 1.165) is 37.6 Å². The van der Waals surface area contributed by atoms with Gasteiger partial charge < -0.3 is 15.1 Å². The number of carbonyl (C=O) groups excluding carboxylic acids is 1. The summed E-state index contributed by atoms with van der Waals surface area (Å²) in [5, 5.41) is 2.92. The Bertz CT molecular complexity index is 457. The first-order valence-corrected chi connectivity index (χ1v) is 8.58. The van der Waals surface area contributed by atoms with Crippen LogP contribution in [-0.4, -0.2) is 60.5 Å². The second-order valence-corrected chi connectivity index (χ2v) is 6.59. The topological polar surface area (TPSA) is 48.5 Å². The van der Waals surface area contributed by atoms with Crippen molar-refractivity contribution >= 4 is 23.5 Å². The van der Waals surface area contributed by atoms with Gasteiger partial charge in [-0.05, 0) is 31.9 Å². The van der Waals surface area contributed by atoms with Crippen LogP contribution in [0.4, 0.5) is 5.82 Å².